The van der Waals surface area contributed by atoms with Gasteiger partial charge in [0.25, 0.3) is 0 Å². The van der Waals surface area contributed by atoms with Crippen LogP contribution in [0.3, 0.4) is 0 Å². The summed E-state index contributed by atoms with van der Waals surface area (Å²) in [5.74, 6) is 1.57. The highest BCUT2D eigenvalue weighted by Crippen LogP contribution is 2.41. The van der Waals surface area contributed by atoms with E-state index in [1.807, 2.05) is 6.07 Å². The molecule has 0 atom stereocenters. The Bertz CT molecular complexity index is 635. The monoisotopic (exact) mass is 299 g/mol. The minimum Gasteiger partial charge on any atom is -0.493 e. The molecule has 0 aliphatic heterocycles. The molecule has 0 saturated carbocycles. The number of benzene rings is 2. The van der Waals surface area contributed by atoms with Crippen LogP contribution in [-0.4, -0.2) is 39.8 Å². The molecule has 2 aromatic carbocycles. The van der Waals surface area contributed by atoms with Crippen LogP contribution < -0.4 is 9.47 Å². The molecule has 0 radical (unpaired) electrons. The van der Waals surface area contributed by atoms with E-state index in [4.69, 9.17) is 9.47 Å². The molecule has 0 aliphatic rings. The number of ether oxygens (including phenoxy) is 2. The molecule has 2 rings (SSSR count). The summed E-state index contributed by atoms with van der Waals surface area (Å²) in [5.41, 5.74) is 4.86. The molecule has 0 aliphatic carbocycles. The van der Waals surface area contributed by atoms with E-state index in [0.717, 1.165) is 30.0 Å². The average Bonchev–Trinajstić information content (AvgIpc) is 2.52. The van der Waals surface area contributed by atoms with Crippen molar-refractivity contribution in [2.75, 3.05) is 34.9 Å². The summed E-state index contributed by atoms with van der Waals surface area (Å²) in [6.07, 6.45) is 1.00. The molecule has 0 saturated heterocycles. The van der Waals surface area contributed by atoms with Crippen molar-refractivity contribution in [3.63, 3.8) is 0 Å². The third-order valence-electron chi connectivity index (χ3n) is 3.87. The van der Waals surface area contributed by atoms with Crippen molar-refractivity contribution in [1.29, 1.82) is 0 Å². The lowest BCUT2D eigenvalue weighted by atomic mass is 9.93. The van der Waals surface area contributed by atoms with Crippen LogP contribution >= 0.6 is 0 Å². The molecule has 0 fully saturated rings. The molecular weight excluding hydrogens is 274 g/mol. The van der Waals surface area contributed by atoms with Crippen molar-refractivity contribution in [3.05, 3.63) is 47.5 Å². The topological polar surface area (TPSA) is 21.7 Å². The second kappa shape index (κ2) is 7.32. The summed E-state index contributed by atoms with van der Waals surface area (Å²) >= 11 is 0. The van der Waals surface area contributed by atoms with Gasteiger partial charge in [0.1, 0.15) is 0 Å². The van der Waals surface area contributed by atoms with E-state index >= 15 is 0 Å². The van der Waals surface area contributed by atoms with E-state index in [-0.39, 0.29) is 0 Å². The van der Waals surface area contributed by atoms with Gasteiger partial charge >= 0.3 is 0 Å². The molecule has 2 aromatic rings. The van der Waals surface area contributed by atoms with Crippen molar-refractivity contribution < 1.29 is 9.47 Å². The Morgan fingerprint density at radius 1 is 0.955 bits per heavy atom. The zero-order valence-electron chi connectivity index (χ0n) is 14.1. The van der Waals surface area contributed by atoms with Crippen molar-refractivity contribution in [1.82, 2.24) is 4.90 Å². The molecule has 0 N–H and O–H groups in total. The summed E-state index contributed by atoms with van der Waals surface area (Å²) in [7, 11) is 7.57. The summed E-state index contributed by atoms with van der Waals surface area (Å²) in [6, 6.07) is 12.6. The second-order valence-corrected chi connectivity index (χ2v) is 5.70. The summed E-state index contributed by atoms with van der Waals surface area (Å²) in [5, 5.41) is 0. The first-order valence-electron chi connectivity index (χ1n) is 7.53. The Morgan fingerprint density at radius 3 is 2.32 bits per heavy atom. The fourth-order valence-corrected chi connectivity index (χ4v) is 2.69. The Balaban J connectivity index is 2.56. The smallest absolute Gasteiger partial charge is 0.168 e. The van der Waals surface area contributed by atoms with Crippen LogP contribution in [0.1, 0.15) is 11.1 Å². The summed E-state index contributed by atoms with van der Waals surface area (Å²) in [6.45, 7) is 3.13. The van der Waals surface area contributed by atoms with Crippen LogP contribution in [0.2, 0.25) is 0 Å². The average molecular weight is 299 g/mol. The minimum absolute atomic E-state index is 0.769. The highest BCUT2D eigenvalue weighted by molar-refractivity contribution is 5.79. The number of nitrogens with zero attached hydrogens (tertiary/aromatic N) is 1. The summed E-state index contributed by atoms with van der Waals surface area (Å²) in [4.78, 5) is 2.20. The maximum atomic E-state index is 5.65. The largest absolute Gasteiger partial charge is 0.493 e. The standard InChI is InChI=1S/C19H25NO2/c1-14-10-11-17(21-4)19(22-5)18(14)16-9-7-6-8-15(16)12-13-20(2)3/h6-11H,12-13H2,1-5H3. The molecule has 3 heteroatoms. The molecule has 0 bridgehead atoms. The van der Waals surface area contributed by atoms with Crippen molar-refractivity contribution in [2.45, 2.75) is 13.3 Å². The maximum absolute atomic E-state index is 5.65. The van der Waals surface area contributed by atoms with Crippen molar-refractivity contribution >= 4 is 0 Å². The van der Waals surface area contributed by atoms with Gasteiger partial charge < -0.3 is 14.4 Å². The molecule has 0 heterocycles. The van der Waals surface area contributed by atoms with Crippen LogP contribution in [0.4, 0.5) is 0 Å². The number of hydrogen-bond acceptors (Lipinski definition) is 3. The highest BCUT2D eigenvalue weighted by Gasteiger charge is 2.17. The molecule has 22 heavy (non-hydrogen) atoms. The zero-order valence-corrected chi connectivity index (χ0v) is 14.1. The van der Waals surface area contributed by atoms with E-state index in [9.17, 15) is 0 Å². The predicted octanol–water partition coefficient (Wildman–Crippen LogP) is 3.78. The molecule has 0 unspecified atom stereocenters. The minimum atomic E-state index is 0.769. The molecular formula is C19H25NO2. The van der Waals surface area contributed by atoms with Gasteiger partial charge in [-0.3, -0.25) is 0 Å². The quantitative estimate of drug-likeness (QED) is 0.810. The van der Waals surface area contributed by atoms with Crippen LogP contribution in [-0.2, 0) is 6.42 Å². The van der Waals surface area contributed by atoms with E-state index in [1.165, 1.54) is 16.7 Å². The Kier molecular flexibility index (Phi) is 5.45. The first-order chi connectivity index (χ1) is 10.6. The van der Waals surface area contributed by atoms with Gasteiger partial charge in [-0.1, -0.05) is 30.3 Å². The molecule has 0 aromatic heterocycles. The molecule has 3 nitrogen and oxygen atoms in total. The fourth-order valence-electron chi connectivity index (χ4n) is 2.69. The van der Waals surface area contributed by atoms with Crippen LogP contribution in [0.5, 0.6) is 11.5 Å². The van der Waals surface area contributed by atoms with Crippen molar-refractivity contribution in [2.24, 2.45) is 0 Å². The lowest BCUT2D eigenvalue weighted by molar-refractivity contribution is 0.356. The number of rotatable bonds is 6. The predicted molar refractivity (Wildman–Crippen MR) is 92.0 cm³/mol. The van der Waals surface area contributed by atoms with Gasteiger partial charge in [-0.05, 0) is 50.2 Å². The lowest BCUT2D eigenvalue weighted by Crippen LogP contribution is -2.15. The highest BCUT2D eigenvalue weighted by atomic mass is 16.5. The van der Waals surface area contributed by atoms with Gasteiger partial charge in [-0.15, -0.1) is 0 Å². The SMILES string of the molecule is COc1ccc(C)c(-c2ccccc2CCN(C)C)c1OC. The van der Waals surface area contributed by atoms with Crippen molar-refractivity contribution in [3.8, 4) is 22.6 Å². The normalized spacial score (nSPS) is 10.8. The maximum Gasteiger partial charge on any atom is 0.168 e. The van der Waals surface area contributed by atoms with Crippen LogP contribution in [0, 0.1) is 6.92 Å². The van der Waals surface area contributed by atoms with Gasteiger partial charge in [0.2, 0.25) is 0 Å². The second-order valence-electron chi connectivity index (χ2n) is 5.70. The fraction of sp³-hybridized carbons (Fsp3) is 0.368. The Morgan fingerprint density at radius 2 is 1.68 bits per heavy atom. The van der Waals surface area contributed by atoms with E-state index in [2.05, 4.69) is 56.3 Å². The third kappa shape index (κ3) is 3.42. The first kappa shape index (κ1) is 16.4. The van der Waals surface area contributed by atoms with Crippen LogP contribution in [0.15, 0.2) is 36.4 Å². The zero-order chi connectivity index (χ0) is 16.1. The molecule has 118 valence electrons. The number of aryl methyl sites for hydroxylation is 1. The first-order valence-corrected chi connectivity index (χ1v) is 7.53. The Labute approximate surface area is 133 Å². The van der Waals surface area contributed by atoms with Crippen LogP contribution in [0.25, 0.3) is 11.1 Å². The number of hydrogen-bond donors (Lipinski definition) is 0. The van der Waals surface area contributed by atoms with E-state index in [0.29, 0.717) is 0 Å². The number of likely N-dealkylation sites (N-methyl/N-ethyl adjacent to an activating group) is 1. The number of methoxy groups -OCH3 is 2. The van der Waals surface area contributed by atoms with Gasteiger partial charge in [0, 0.05) is 12.1 Å². The van der Waals surface area contributed by atoms with Gasteiger partial charge in [0.15, 0.2) is 11.5 Å². The summed E-state index contributed by atoms with van der Waals surface area (Å²) < 4.78 is 11.1. The van der Waals surface area contributed by atoms with Gasteiger partial charge in [0.05, 0.1) is 14.2 Å². The molecule has 0 spiro atoms. The third-order valence-corrected chi connectivity index (χ3v) is 3.87. The lowest BCUT2D eigenvalue weighted by Gasteiger charge is -2.19. The molecule has 0 amide bonds. The van der Waals surface area contributed by atoms with Gasteiger partial charge in [-0.25, -0.2) is 0 Å². The Hall–Kier alpha value is -2.00. The van der Waals surface area contributed by atoms with Gasteiger partial charge in [-0.2, -0.15) is 0 Å². The van der Waals surface area contributed by atoms with E-state index < -0.39 is 0 Å². The van der Waals surface area contributed by atoms with E-state index in [1.54, 1.807) is 14.2 Å².